The highest BCUT2D eigenvalue weighted by atomic mass is 14.3. The Balaban J connectivity index is 2.34. The van der Waals surface area contributed by atoms with Gasteiger partial charge in [0.1, 0.15) is 0 Å². The van der Waals surface area contributed by atoms with E-state index >= 15 is 0 Å². The van der Waals surface area contributed by atoms with Crippen molar-refractivity contribution >= 4 is 12.2 Å². The van der Waals surface area contributed by atoms with Gasteiger partial charge in [-0.05, 0) is 22.3 Å². The maximum atomic E-state index is 2.30. The Morgan fingerprint density at radius 2 is 1.06 bits per heavy atom. The molecular weight excluding hydrogens is 204 g/mol. The van der Waals surface area contributed by atoms with E-state index in [1.807, 2.05) is 0 Å². The Morgan fingerprint density at radius 3 is 1.53 bits per heavy atom. The van der Waals surface area contributed by atoms with Crippen LogP contribution in [0, 0.1) is 0 Å². The van der Waals surface area contributed by atoms with Crippen molar-refractivity contribution in [1.82, 2.24) is 0 Å². The van der Waals surface area contributed by atoms with Gasteiger partial charge in [0.25, 0.3) is 0 Å². The van der Waals surface area contributed by atoms with Crippen molar-refractivity contribution in [1.29, 1.82) is 0 Å². The average Bonchev–Trinajstić information content (AvgIpc) is 2.47. The monoisotopic (exact) mass is 220 g/mol. The number of rotatable bonds is 0. The van der Waals surface area contributed by atoms with E-state index in [2.05, 4.69) is 74.5 Å². The standard InChI is InChI=1S/C17H16/c1-17(2)15-9-5-3-7-13(15)11-12-14-8-4-6-10-16(14)17/h3-12H,1-2H3. The van der Waals surface area contributed by atoms with Gasteiger partial charge in [0.2, 0.25) is 0 Å². The molecule has 2 aromatic carbocycles. The molecule has 2 aromatic rings. The van der Waals surface area contributed by atoms with Crippen LogP contribution in [-0.4, -0.2) is 0 Å². The summed E-state index contributed by atoms with van der Waals surface area (Å²) in [5.41, 5.74) is 5.53. The van der Waals surface area contributed by atoms with E-state index in [9.17, 15) is 0 Å². The molecule has 0 unspecified atom stereocenters. The van der Waals surface area contributed by atoms with Crippen molar-refractivity contribution in [2.24, 2.45) is 0 Å². The molecular formula is C17H16. The first kappa shape index (κ1) is 10.3. The minimum absolute atomic E-state index is 0.0662. The van der Waals surface area contributed by atoms with E-state index in [-0.39, 0.29) is 5.41 Å². The number of fused-ring (bicyclic) bond motifs is 2. The first-order valence-electron chi connectivity index (χ1n) is 6.07. The fourth-order valence-corrected chi connectivity index (χ4v) is 2.75. The lowest BCUT2D eigenvalue weighted by molar-refractivity contribution is 0.639. The molecule has 0 heterocycles. The number of benzene rings is 2. The topological polar surface area (TPSA) is 0 Å². The Kier molecular flexibility index (Phi) is 2.19. The molecule has 0 N–H and O–H groups in total. The molecule has 3 rings (SSSR count). The second kappa shape index (κ2) is 3.59. The van der Waals surface area contributed by atoms with E-state index in [1.165, 1.54) is 22.3 Å². The van der Waals surface area contributed by atoms with Crippen LogP contribution in [0.25, 0.3) is 12.2 Å². The zero-order valence-electron chi connectivity index (χ0n) is 10.3. The van der Waals surface area contributed by atoms with Crippen molar-refractivity contribution in [3.05, 3.63) is 70.8 Å². The van der Waals surface area contributed by atoms with Gasteiger partial charge in [-0.25, -0.2) is 0 Å². The third-order valence-corrected chi connectivity index (χ3v) is 3.71. The summed E-state index contributed by atoms with van der Waals surface area (Å²) in [5, 5.41) is 0. The van der Waals surface area contributed by atoms with Gasteiger partial charge in [-0.3, -0.25) is 0 Å². The van der Waals surface area contributed by atoms with Gasteiger partial charge in [0.15, 0.2) is 0 Å². The van der Waals surface area contributed by atoms with E-state index in [1.54, 1.807) is 0 Å². The zero-order chi connectivity index (χ0) is 11.9. The van der Waals surface area contributed by atoms with Gasteiger partial charge in [-0.1, -0.05) is 74.5 Å². The molecule has 17 heavy (non-hydrogen) atoms. The van der Waals surface area contributed by atoms with E-state index in [4.69, 9.17) is 0 Å². The van der Waals surface area contributed by atoms with E-state index < -0.39 is 0 Å². The molecule has 0 aromatic heterocycles. The molecule has 0 nitrogen and oxygen atoms in total. The van der Waals surface area contributed by atoms with Crippen molar-refractivity contribution in [2.75, 3.05) is 0 Å². The largest absolute Gasteiger partial charge is 0.0619 e. The molecule has 0 saturated carbocycles. The minimum atomic E-state index is 0.0662. The maximum Gasteiger partial charge on any atom is 0.0158 e. The van der Waals surface area contributed by atoms with Crippen molar-refractivity contribution in [3.8, 4) is 0 Å². The Morgan fingerprint density at radius 1 is 0.647 bits per heavy atom. The van der Waals surface area contributed by atoms with E-state index in [0.29, 0.717) is 0 Å². The van der Waals surface area contributed by atoms with Gasteiger partial charge >= 0.3 is 0 Å². The SMILES string of the molecule is CC1(C)c2ccccc2C=Cc2ccccc21. The summed E-state index contributed by atoms with van der Waals surface area (Å²) in [6.45, 7) is 4.61. The predicted molar refractivity (Wildman–Crippen MR) is 73.9 cm³/mol. The van der Waals surface area contributed by atoms with Crippen molar-refractivity contribution < 1.29 is 0 Å². The Labute approximate surface area is 103 Å². The van der Waals surface area contributed by atoms with Crippen LogP contribution >= 0.6 is 0 Å². The van der Waals surface area contributed by atoms with Crippen LogP contribution in [0.4, 0.5) is 0 Å². The molecule has 0 atom stereocenters. The van der Waals surface area contributed by atoms with Crippen LogP contribution in [0.15, 0.2) is 48.5 Å². The van der Waals surface area contributed by atoms with Gasteiger partial charge in [0.05, 0.1) is 0 Å². The van der Waals surface area contributed by atoms with Crippen molar-refractivity contribution in [2.45, 2.75) is 19.3 Å². The summed E-state index contributed by atoms with van der Waals surface area (Å²) in [5.74, 6) is 0. The normalized spacial score (nSPS) is 15.9. The Bertz CT molecular complexity index is 537. The van der Waals surface area contributed by atoms with Crippen molar-refractivity contribution in [3.63, 3.8) is 0 Å². The van der Waals surface area contributed by atoms with Gasteiger partial charge in [-0.15, -0.1) is 0 Å². The minimum Gasteiger partial charge on any atom is -0.0619 e. The van der Waals surface area contributed by atoms with Gasteiger partial charge in [0, 0.05) is 5.41 Å². The molecule has 0 fully saturated rings. The third kappa shape index (κ3) is 1.52. The molecule has 0 amide bonds. The molecule has 0 bridgehead atoms. The summed E-state index contributed by atoms with van der Waals surface area (Å²) in [6.07, 6.45) is 4.45. The van der Waals surface area contributed by atoms with Gasteiger partial charge in [-0.2, -0.15) is 0 Å². The fraction of sp³-hybridized carbons (Fsp3) is 0.176. The first-order chi connectivity index (χ1) is 8.19. The molecule has 0 radical (unpaired) electrons. The second-order valence-corrected chi connectivity index (χ2v) is 5.13. The second-order valence-electron chi connectivity index (χ2n) is 5.13. The summed E-state index contributed by atoms with van der Waals surface area (Å²) in [7, 11) is 0. The molecule has 0 spiro atoms. The van der Waals surface area contributed by atoms with Crippen LogP contribution in [0.5, 0.6) is 0 Å². The lowest BCUT2D eigenvalue weighted by Crippen LogP contribution is -2.20. The maximum absolute atomic E-state index is 2.30. The molecule has 84 valence electrons. The lowest BCUT2D eigenvalue weighted by atomic mass is 9.76. The third-order valence-electron chi connectivity index (χ3n) is 3.71. The summed E-state index contributed by atoms with van der Waals surface area (Å²) in [6, 6.07) is 17.3. The van der Waals surface area contributed by atoms with Crippen LogP contribution in [-0.2, 0) is 5.41 Å². The molecule has 1 aliphatic rings. The first-order valence-corrected chi connectivity index (χ1v) is 6.07. The van der Waals surface area contributed by atoms with Crippen LogP contribution in [0.1, 0.15) is 36.1 Å². The Hall–Kier alpha value is -1.82. The zero-order valence-corrected chi connectivity index (χ0v) is 10.3. The summed E-state index contributed by atoms with van der Waals surface area (Å²) >= 11 is 0. The summed E-state index contributed by atoms with van der Waals surface area (Å²) in [4.78, 5) is 0. The van der Waals surface area contributed by atoms with Crippen LogP contribution in [0.2, 0.25) is 0 Å². The predicted octanol–water partition coefficient (Wildman–Crippen LogP) is 4.50. The average molecular weight is 220 g/mol. The molecule has 0 saturated heterocycles. The van der Waals surface area contributed by atoms with Gasteiger partial charge < -0.3 is 0 Å². The summed E-state index contributed by atoms with van der Waals surface area (Å²) < 4.78 is 0. The highest BCUT2D eigenvalue weighted by Gasteiger charge is 2.28. The molecule has 1 aliphatic carbocycles. The highest BCUT2D eigenvalue weighted by molar-refractivity contribution is 5.77. The van der Waals surface area contributed by atoms with Crippen LogP contribution in [0.3, 0.4) is 0 Å². The molecule has 0 aliphatic heterocycles. The van der Waals surface area contributed by atoms with E-state index in [0.717, 1.165) is 0 Å². The number of hydrogen-bond acceptors (Lipinski definition) is 0. The highest BCUT2D eigenvalue weighted by Crippen LogP contribution is 2.38. The van der Waals surface area contributed by atoms with Crippen LogP contribution < -0.4 is 0 Å². The fourth-order valence-electron chi connectivity index (χ4n) is 2.75. The lowest BCUT2D eigenvalue weighted by Gasteiger charge is -2.28. The molecule has 0 heteroatoms. The number of hydrogen-bond donors (Lipinski definition) is 0. The quantitative estimate of drug-likeness (QED) is 0.613. The smallest absolute Gasteiger partial charge is 0.0158 e.